The third kappa shape index (κ3) is 4.26. The first-order chi connectivity index (χ1) is 11.8. The Labute approximate surface area is 143 Å². The van der Waals surface area contributed by atoms with Crippen LogP contribution in [-0.2, 0) is 15.9 Å². The molecule has 0 spiro atoms. The van der Waals surface area contributed by atoms with Gasteiger partial charge in [-0.2, -0.15) is 0 Å². The number of amides is 2. The van der Waals surface area contributed by atoms with Gasteiger partial charge in [-0.15, -0.1) is 0 Å². The molecule has 1 aromatic carbocycles. The number of methoxy groups -OCH3 is 1. The van der Waals surface area contributed by atoms with Crippen molar-refractivity contribution in [1.82, 2.24) is 9.80 Å². The molecule has 24 heavy (non-hydrogen) atoms. The van der Waals surface area contributed by atoms with Crippen LogP contribution in [0.25, 0.3) is 0 Å². The number of para-hydroxylation sites is 1. The fraction of sp³-hybridized carbons (Fsp3) is 0.611. The molecule has 6 heteroatoms. The van der Waals surface area contributed by atoms with Crippen molar-refractivity contribution in [2.24, 2.45) is 0 Å². The van der Waals surface area contributed by atoms with Gasteiger partial charge in [0.05, 0.1) is 19.8 Å². The molecule has 2 amide bonds. The average Bonchev–Trinajstić information content (AvgIpc) is 3.12. The molecular weight excluding hydrogens is 306 g/mol. The Morgan fingerprint density at radius 3 is 2.88 bits per heavy atom. The monoisotopic (exact) mass is 333 g/mol. The van der Waals surface area contributed by atoms with E-state index in [2.05, 4.69) is 10.2 Å². The van der Waals surface area contributed by atoms with E-state index in [0.717, 1.165) is 63.5 Å². The summed E-state index contributed by atoms with van der Waals surface area (Å²) < 4.78 is 10.6. The molecule has 0 saturated carbocycles. The highest BCUT2D eigenvalue weighted by Gasteiger charge is 2.31. The first-order valence-corrected chi connectivity index (χ1v) is 8.72. The molecule has 2 fully saturated rings. The number of anilines is 1. The summed E-state index contributed by atoms with van der Waals surface area (Å²) in [6, 6.07) is 8.39. The summed E-state index contributed by atoms with van der Waals surface area (Å²) in [4.78, 5) is 17.0. The topological polar surface area (TPSA) is 54.0 Å². The highest BCUT2D eigenvalue weighted by Crippen LogP contribution is 2.20. The molecule has 2 aliphatic rings. The van der Waals surface area contributed by atoms with E-state index >= 15 is 0 Å². The van der Waals surface area contributed by atoms with Crippen LogP contribution in [-0.4, -0.2) is 75.0 Å². The maximum Gasteiger partial charge on any atom is 0.321 e. The molecule has 132 valence electrons. The van der Waals surface area contributed by atoms with Gasteiger partial charge >= 0.3 is 6.03 Å². The number of carbonyl (C=O) groups excluding carboxylic acids is 1. The van der Waals surface area contributed by atoms with Crippen molar-refractivity contribution < 1.29 is 14.3 Å². The van der Waals surface area contributed by atoms with E-state index in [9.17, 15) is 4.79 Å². The minimum Gasteiger partial charge on any atom is -0.384 e. The van der Waals surface area contributed by atoms with Crippen molar-refractivity contribution in [3.8, 4) is 0 Å². The summed E-state index contributed by atoms with van der Waals surface area (Å²) >= 11 is 0. The smallest absolute Gasteiger partial charge is 0.321 e. The molecule has 1 atom stereocenters. The molecule has 2 heterocycles. The standard InChI is InChI=1S/C18H27N3O3/c1-23-11-7-15-4-2-3-5-17(15)19-18(22)21-8-6-16(14-21)20-9-12-24-13-10-20/h2-5,16H,6-14H2,1H3,(H,19,22)/t16-/m0/s1. The van der Waals surface area contributed by atoms with Crippen LogP contribution < -0.4 is 5.32 Å². The molecule has 0 unspecified atom stereocenters. The third-order valence-corrected chi connectivity index (χ3v) is 4.85. The summed E-state index contributed by atoms with van der Waals surface area (Å²) in [5, 5.41) is 3.07. The van der Waals surface area contributed by atoms with E-state index in [1.165, 1.54) is 0 Å². The molecule has 2 saturated heterocycles. The zero-order valence-corrected chi connectivity index (χ0v) is 14.4. The molecule has 3 rings (SSSR count). The second-order valence-electron chi connectivity index (χ2n) is 6.37. The quantitative estimate of drug-likeness (QED) is 0.893. The Balaban J connectivity index is 1.56. The van der Waals surface area contributed by atoms with Gasteiger partial charge in [-0.1, -0.05) is 18.2 Å². The largest absolute Gasteiger partial charge is 0.384 e. The van der Waals surface area contributed by atoms with Gasteiger partial charge in [-0.3, -0.25) is 4.90 Å². The van der Waals surface area contributed by atoms with Crippen LogP contribution in [0.4, 0.5) is 10.5 Å². The fourth-order valence-corrected chi connectivity index (χ4v) is 3.43. The van der Waals surface area contributed by atoms with Crippen molar-refractivity contribution >= 4 is 11.7 Å². The number of carbonyl (C=O) groups is 1. The van der Waals surface area contributed by atoms with E-state index in [1.54, 1.807) is 7.11 Å². The molecule has 0 aromatic heterocycles. The van der Waals surface area contributed by atoms with Crippen molar-refractivity contribution in [2.75, 3.05) is 58.4 Å². The van der Waals surface area contributed by atoms with Gasteiger partial charge in [-0.25, -0.2) is 4.79 Å². The molecule has 6 nitrogen and oxygen atoms in total. The number of hydrogen-bond donors (Lipinski definition) is 1. The third-order valence-electron chi connectivity index (χ3n) is 4.85. The number of morpholine rings is 1. The molecule has 0 bridgehead atoms. The van der Waals surface area contributed by atoms with Gasteiger partial charge in [0.15, 0.2) is 0 Å². The molecule has 1 aromatic rings. The SMILES string of the molecule is COCCc1ccccc1NC(=O)N1CC[C@H](N2CCOCC2)C1. The van der Waals surface area contributed by atoms with Gasteiger partial charge in [0.2, 0.25) is 0 Å². The summed E-state index contributed by atoms with van der Waals surface area (Å²) in [6.45, 7) is 5.81. The summed E-state index contributed by atoms with van der Waals surface area (Å²) in [5.41, 5.74) is 1.99. The lowest BCUT2D eigenvalue weighted by molar-refractivity contribution is 0.0192. The lowest BCUT2D eigenvalue weighted by atomic mass is 10.1. The summed E-state index contributed by atoms with van der Waals surface area (Å²) in [5.74, 6) is 0. The molecule has 1 N–H and O–H groups in total. The van der Waals surface area contributed by atoms with Gasteiger partial charge < -0.3 is 19.7 Å². The lowest BCUT2D eigenvalue weighted by Crippen LogP contribution is -2.45. The van der Waals surface area contributed by atoms with Crippen LogP contribution >= 0.6 is 0 Å². The van der Waals surface area contributed by atoms with Gasteiger partial charge in [0, 0.05) is 45.0 Å². The molecular formula is C18H27N3O3. The number of benzene rings is 1. The van der Waals surface area contributed by atoms with Crippen LogP contribution in [0.3, 0.4) is 0 Å². The van der Waals surface area contributed by atoms with E-state index < -0.39 is 0 Å². The van der Waals surface area contributed by atoms with Gasteiger partial charge in [-0.05, 0) is 24.5 Å². The average molecular weight is 333 g/mol. The van der Waals surface area contributed by atoms with Crippen molar-refractivity contribution in [3.05, 3.63) is 29.8 Å². The summed E-state index contributed by atoms with van der Waals surface area (Å²) in [7, 11) is 1.69. The van der Waals surface area contributed by atoms with Crippen molar-refractivity contribution in [3.63, 3.8) is 0 Å². The van der Waals surface area contributed by atoms with Crippen LogP contribution in [0.5, 0.6) is 0 Å². The second kappa shape index (κ2) is 8.46. The Kier molecular flexibility index (Phi) is 6.07. The van der Waals surface area contributed by atoms with Crippen LogP contribution in [0, 0.1) is 0 Å². The Morgan fingerprint density at radius 1 is 1.29 bits per heavy atom. The first-order valence-electron chi connectivity index (χ1n) is 8.72. The highest BCUT2D eigenvalue weighted by molar-refractivity contribution is 5.90. The van der Waals surface area contributed by atoms with E-state index in [-0.39, 0.29) is 6.03 Å². The fourth-order valence-electron chi connectivity index (χ4n) is 3.43. The first kappa shape index (κ1) is 17.2. The number of nitrogens with one attached hydrogen (secondary N) is 1. The minimum absolute atomic E-state index is 0.00405. The van der Waals surface area contributed by atoms with E-state index in [1.807, 2.05) is 29.2 Å². The number of rotatable bonds is 5. The van der Waals surface area contributed by atoms with Crippen molar-refractivity contribution in [2.45, 2.75) is 18.9 Å². The lowest BCUT2D eigenvalue weighted by Gasteiger charge is -2.32. The Bertz CT molecular complexity index is 546. The van der Waals surface area contributed by atoms with Gasteiger partial charge in [0.1, 0.15) is 0 Å². The number of ether oxygens (including phenoxy) is 2. The predicted molar refractivity (Wildman–Crippen MR) is 93.4 cm³/mol. The molecule has 2 aliphatic heterocycles. The molecule has 0 radical (unpaired) electrons. The second-order valence-corrected chi connectivity index (χ2v) is 6.37. The van der Waals surface area contributed by atoms with Crippen LogP contribution in [0.1, 0.15) is 12.0 Å². The maximum absolute atomic E-state index is 12.6. The number of nitrogens with zero attached hydrogens (tertiary/aromatic N) is 2. The number of hydrogen-bond acceptors (Lipinski definition) is 4. The number of likely N-dealkylation sites (tertiary alicyclic amines) is 1. The minimum atomic E-state index is -0.00405. The number of urea groups is 1. The van der Waals surface area contributed by atoms with Crippen molar-refractivity contribution in [1.29, 1.82) is 0 Å². The normalized spacial score (nSPS) is 21.9. The maximum atomic E-state index is 12.6. The van der Waals surface area contributed by atoms with Gasteiger partial charge in [0.25, 0.3) is 0 Å². The Morgan fingerprint density at radius 2 is 2.08 bits per heavy atom. The highest BCUT2D eigenvalue weighted by atomic mass is 16.5. The zero-order valence-electron chi connectivity index (χ0n) is 14.4. The summed E-state index contributed by atoms with van der Waals surface area (Å²) in [6.07, 6.45) is 1.84. The Hall–Kier alpha value is -1.63. The van der Waals surface area contributed by atoms with Crippen LogP contribution in [0.15, 0.2) is 24.3 Å². The zero-order chi connectivity index (χ0) is 16.8. The molecule has 0 aliphatic carbocycles. The predicted octanol–water partition coefficient (Wildman–Crippen LogP) is 1.81. The van der Waals surface area contributed by atoms with E-state index in [4.69, 9.17) is 9.47 Å². The van der Waals surface area contributed by atoms with E-state index in [0.29, 0.717) is 12.6 Å². The van der Waals surface area contributed by atoms with Crippen LogP contribution in [0.2, 0.25) is 0 Å².